The average Bonchev–Trinajstić information content (AvgIpc) is 3.25. The van der Waals surface area contributed by atoms with Gasteiger partial charge in [0.15, 0.2) is 0 Å². The van der Waals surface area contributed by atoms with Crippen molar-refractivity contribution in [3.05, 3.63) is 0 Å². The number of amides is 4. The van der Waals surface area contributed by atoms with E-state index in [1.54, 1.807) is 6.92 Å². The molecule has 3 atom stereocenters. The highest BCUT2D eigenvalue weighted by Gasteiger charge is 2.56. The third-order valence-corrected chi connectivity index (χ3v) is 5.47. The number of hydrogen-bond donors (Lipinski definition) is 1. The first-order chi connectivity index (χ1) is 10.3. The zero-order chi connectivity index (χ0) is 16.1. The van der Waals surface area contributed by atoms with Crippen LogP contribution in [0.2, 0.25) is 0 Å². The zero-order valence-electron chi connectivity index (χ0n) is 13.6. The Morgan fingerprint density at radius 1 is 1.18 bits per heavy atom. The highest BCUT2D eigenvalue weighted by Crippen LogP contribution is 2.42. The van der Waals surface area contributed by atoms with Crippen LogP contribution in [0.15, 0.2) is 0 Å². The lowest BCUT2D eigenvalue weighted by Crippen LogP contribution is -2.52. The third kappa shape index (κ3) is 2.38. The SMILES string of the molecule is CC1CCCC(C)N1C(=O)CN1C(=O)NC(C)(C2CC2)C1=O. The van der Waals surface area contributed by atoms with Gasteiger partial charge in [0.1, 0.15) is 12.1 Å². The summed E-state index contributed by atoms with van der Waals surface area (Å²) in [6, 6.07) is -0.0799. The van der Waals surface area contributed by atoms with Crippen molar-refractivity contribution < 1.29 is 14.4 Å². The second-order valence-corrected chi connectivity index (χ2v) is 7.23. The maximum Gasteiger partial charge on any atom is 0.325 e. The largest absolute Gasteiger partial charge is 0.336 e. The number of piperidine rings is 1. The van der Waals surface area contributed by atoms with E-state index in [1.165, 1.54) is 0 Å². The molecule has 0 aromatic heterocycles. The Bertz CT molecular complexity index is 507. The van der Waals surface area contributed by atoms with Crippen LogP contribution in [-0.4, -0.2) is 51.8 Å². The number of carbonyl (C=O) groups excluding carboxylic acids is 3. The molecule has 22 heavy (non-hydrogen) atoms. The molecule has 0 aromatic rings. The van der Waals surface area contributed by atoms with Crippen molar-refractivity contribution in [1.29, 1.82) is 0 Å². The second kappa shape index (κ2) is 5.25. The lowest BCUT2D eigenvalue weighted by molar-refractivity contribution is -0.142. The van der Waals surface area contributed by atoms with Crippen LogP contribution in [0, 0.1) is 5.92 Å². The minimum absolute atomic E-state index is 0.122. The quantitative estimate of drug-likeness (QED) is 0.803. The van der Waals surface area contributed by atoms with E-state index < -0.39 is 11.6 Å². The summed E-state index contributed by atoms with van der Waals surface area (Å²) in [5.74, 6) is -0.147. The van der Waals surface area contributed by atoms with Gasteiger partial charge in [0, 0.05) is 12.1 Å². The lowest BCUT2D eigenvalue weighted by atomic mass is 9.96. The molecule has 2 heterocycles. The van der Waals surface area contributed by atoms with Crippen LogP contribution in [0.25, 0.3) is 0 Å². The lowest BCUT2D eigenvalue weighted by Gasteiger charge is -2.39. The Labute approximate surface area is 131 Å². The number of carbonyl (C=O) groups is 3. The first-order valence-electron chi connectivity index (χ1n) is 8.30. The van der Waals surface area contributed by atoms with Crippen LogP contribution >= 0.6 is 0 Å². The number of rotatable bonds is 3. The van der Waals surface area contributed by atoms with Gasteiger partial charge < -0.3 is 10.2 Å². The van der Waals surface area contributed by atoms with Gasteiger partial charge in [0.25, 0.3) is 5.91 Å². The summed E-state index contributed by atoms with van der Waals surface area (Å²) in [6.45, 7) is 5.71. The molecule has 1 saturated carbocycles. The van der Waals surface area contributed by atoms with Crippen LogP contribution in [0.3, 0.4) is 0 Å². The molecule has 3 unspecified atom stereocenters. The molecule has 0 radical (unpaired) electrons. The predicted octanol–water partition coefficient (Wildman–Crippen LogP) is 1.50. The van der Waals surface area contributed by atoms with Crippen molar-refractivity contribution in [1.82, 2.24) is 15.1 Å². The van der Waals surface area contributed by atoms with Gasteiger partial charge in [0.05, 0.1) is 0 Å². The van der Waals surface area contributed by atoms with Crippen LogP contribution in [0.5, 0.6) is 0 Å². The van der Waals surface area contributed by atoms with E-state index in [0.717, 1.165) is 37.0 Å². The summed E-state index contributed by atoms with van der Waals surface area (Å²) in [4.78, 5) is 40.3. The van der Waals surface area contributed by atoms with Crippen LogP contribution in [0.1, 0.15) is 52.9 Å². The highest BCUT2D eigenvalue weighted by atomic mass is 16.2. The molecule has 2 aliphatic heterocycles. The van der Waals surface area contributed by atoms with E-state index in [2.05, 4.69) is 5.32 Å². The first kappa shape index (κ1) is 15.3. The third-order valence-electron chi connectivity index (χ3n) is 5.47. The van der Waals surface area contributed by atoms with E-state index in [4.69, 9.17) is 0 Å². The number of urea groups is 1. The number of imide groups is 1. The monoisotopic (exact) mass is 307 g/mol. The minimum Gasteiger partial charge on any atom is -0.336 e. The summed E-state index contributed by atoms with van der Waals surface area (Å²) in [7, 11) is 0. The molecule has 6 nitrogen and oxygen atoms in total. The van der Waals surface area contributed by atoms with Gasteiger partial charge >= 0.3 is 6.03 Å². The van der Waals surface area contributed by atoms with Crippen molar-refractivity contribution in [3.63, 3.8) is 0 Å². The summed E-state index contributed by atoms with van der Waals surface area (Å²) in [6.07, 6.45) is 5.01. The standard InChI is InChI=1S/C16H25N3O3/c1-10-5-4-6-11(2)19(10)13(20)9-18-14(21)16(3,12-7-8-12)17-15(18)22/h10-12H,4-9H2,1-3H3,(H,17,22). The zero-order valence-corrected chi connectivity index (χ0v) is 13.6. The van der Waals surface area contributed by atoms with Gasteiger partial charge in [-0.15, -0.1) is 0 Å². The molecule has 1 aliphatic carbocycles. The van der Waals surface area contributed by atoms with Crippen molar-refractivity contribution in [2.45, 2.75) is 70.5 Å². The van der Waals surface area contributed by atoms with E-state index in [9.17, 15) is 14.4 Å². The van der Waals surface area contributed by atoms with Gasteiger partial charge in [-0.2, -0.15) is 0 Å². The van der Waals surface area contributed by atoms with Crippen molar-refractivity contribution >= 4 is 17.8 Å². The fourth-order valence-corrected chi connectivity index (χ4v) is 3.93. The molecule has 3 aliphatic rings. The maximum absolute atomic E-state index is 12.6. The minimum atomic E-state index is -0.809. The maximum atomic E-state index is 12.6. The fraction of sp³-hybridized carbons (Fsp3) is 0.812. The number of hydrogen-bond acceptors (Lipinski definition) is 3. The van der Waals surface area contributed by atoms with E-state index >= 15 is 0 Å². The van der Waals surface area contributed by atoms with Crippen LogP contribution < -0.4 is 5.32 Å². The average molecular weight is 307 g/mol. The first-order valence-corrected chi connectivity index (χ1v) is 8.30. The normalized spacial score (nSPS) is 35.8. The molecule has 6 heteroatoms. The predicted molar refractivity (Wildman–Crippen MR) is 81.0 cm³/mol. The summed E-state index contributed by atoms with van der Waals surface area (Å²) < 4.78 is 0. The molecular formula is C16H25N3O3. The molecule has 0 spiro atoms. The topological polar surface area (TPSA) is 69.7 Å². The smallest absolute Gasteiger partial charge is 0.325 e. The number of likely N-dealkylation sites (tertiary alicyclic amines) is 1. The fourth-order valence-electron chi connectivity index (χ4n) is 3.93. The molecule has 3 fully saturated rings. The highest BCUT2D eigenvalue weighted by molar-refractivity contribution is 6.09. The summed E-state index contributed by atoms with van der Waals surface area (Å²) in [5.41, 5.74) is -0.809. The van der Waals surface area contributed by atoms with Gasteiger partial charge in [0.2, 0.25) is 5.91 Å². The van der Waals surface area contributed by atoms with Gasteiger partial charge in [-0.1, -0.05) is 0 Å². The molecule has 0 bridgehead atoms. The van der Waals surface area contributed by atoms with Gasteiger partial charge in [-0.05, 0) is 58.8 Å². The van der Waals surface area contributed by atoms with Crippen molar-refractivity contribution in [3.8, 4) is 0 Å². The van der Waals surface area contributed by atoms with E-state index in [0.29, 0.717) is 0 Å². The molecule has 0 aromatic carbocycles. The van der Waals surface area contributed by atoms with Crippen LogP contribution in [0.4, 0.5) is 4.79 Å². The van der Waals surface area contributed by atoms with E-state index in [-0.39, 0.29) is 36.4 Å². The van der Waals surface area contributed by atoms with E-state index in [1.807, 2.05) is 18.7 Å². The second-order valence-electron chi connectivity index (χ2n) is 7.23. The summed E-state index contributed by atoms with van der Waals surface area (Å²) in [5, 5.41) is 2.79. The summed E-state index contributed by atoms with van der Waals surface area (Å²) >= 11 is 0. The molecule has 122 valence electrons. The van der Waals surface area contributed by atoms with Crippen LogP contribution in [-0.2, 0) is 9.59 Å². The van der Waals surface area contributed by atoms with Crippen molar-refractivity contribution in [2.75, 3.05) is 6.54 Å². The van der Waals surface area contributed by atoms with Crippen molar-refractivity contribution in [2.24, 2.45) is 5.92 Å². The Morgan fingerprint density at radius 3 is 2.32 bits per heavy atom. The molecule has 1 N–H and O–H groups in total. The number of nitrogens with zero attached hydrogens (tertiary/aromatic N) is 2. The molecular weight excluding hydrogens is 282 g/mol. The Kier molecular flexibility index (Phi) is 3.65. The molecule has 4 amide bonds. The van der Waals surface area contributed by atoms with Gasteiger partial charge in [-0.3, -0.25) is 14.5 Å². The van der Waals surface area contributed by atoms with Gasteiger partial charge in [-0.25, -0.2) is 4.79 Å². The number of nitrogens with one attached hydrogen (secondary N) is 1. The molecule has 2 saturated heterocycles. The molecule has 3 rings (SSSR count). The Hall–Kier alpha value is -1.59. The Morgan fingerprint density at radius 2 is 1.77 bits per heavy atom. The Balaban J connectivity index is 1.71.